The zero-order valence-electron chi connectivity index (χ0n) is 10.8. The Kier molecular flexibility index (Phi) is 3.46. The lowest BCUT2D eigenvalue weighted by Gasteiger charge is -2.33. The summed E-state index contributed by atoms with van der Waals surface area (Å²) in [5.41, 5.74) is 0.0213. The largest absolute Gasteiger partial charge is 0.298 e. The first-order valence-corrected chi connectivity index (χ1v) is 7.09. The van der Waals surface area contributed by atoms with Crippen molar-refractivity contribution < 1.29 is 0 Å². The van der Waals surface area contributed by atoms with Crippen LogP contribution in [0.2, 0.25) is 0 Å². The molecule has 18 heavy (non-hydrogen) atoms. The van der Waals surface area contributed by atoms with Crippen LogP contribution in [-0.2, 0) is 6.54 Å². The van der Waals surface area contributed by atoms with Gasteiger partial charge in [0.2, 0.25) is 0 Å². The van der Waals surface area contributed by atoms with Crippen molar-refractivity contribution in [2.45, 2.75) is 44.7 Å². The van der Waals surface area contributed by atoms with Gasteiger partial charge >= 0.3 is 0 Å². The van der Waals surface area contributed by atoms with Crippen LogP contribution in [0, 0.1) is 5.92 Å². The van der Waals surface area contributed by atoms with Crippen molar-refractivity contribution in [1.29, 1.82) is 0 Å². The molecule has 2 fully saturated rings. The highest BCUT2D eigenvalue weighted by Crippen LogP contribution is 2.30. The molecule has 1 aliphatic carbocycles. The topological polar surface area (TPSA) is 38.1 Å². The van der Waals surface area contributed by atoms with Crippen LogP contribution in [0.25, 0.3) is 0 Å². The number of nitrogens with zero attached hydrogens (tertiary/aromatic N) is 3. The van der Waals surface area contributed by atoms with Gasteiger partial charge < -0.3 is 0 Å². The molecule has 4 heteroatoms. The second-order valence-corrected chi connectivity index (χ2v) is 5.63. The molecular weight excluding hydrogens is 226 g/mol. The van der Waals surface area contributed by atoms with E-state index in [0.717, 1.165) is 12.5 Å². The van der Waals surface area contributed by atoms with Crippen LogP contribution in [0.3, 0.4) is 0 Å². The van der Waals surface area contributed by atoms with Gasteiger partial charge in [0.05, 0.1) is 6.54 Å². The van der Waals surface area contributed by atoms with E-state index in [0.29, 0.717) is 6.04 Å². The molecule has 1 unspecified atom stereocenters. The number of aromatic nitrogens is 2. The predicted molar refractivity (Wildman–Crippen MR) is 70.4 cm³/mol. The second kappa shape index (κ2) is 5.22. The molecule has 4 nitrogen and oxygen atoms in total. The molecule has 1 aliphatic heterocycles. The third kappa shape index (κ3) is 2.48. The van der Waals surface area contributed by atoms with E-state index < -0.39 is 0 Å². The van der Waals surface area contributed by atoms with E-state index in [4.69, 9.17) is 0 Å². The average Bonchev–Trinajstić information content (AvgIpc) is 2.74. The Bertz CT molecular complexity index is 452. The summed E-state index contributed by atoms with van der Waals surface area (Å²) < 4.78 is 1.61. The Labute approximate surface area is 108 Å². The van der Waals surface area contributed by atoms with Crippen LogP contribution in [-0.4, -0.2) is 33.8 Å². The van der Waals surface area contributed by atoms with Gasteiger partial charge in [-0.3, -0.25) is 9.69 Å². The molecule has 0 bridgehead atoms. The summed E-state index contributed by atoms with van der Waals surface area (Å²) in [6, 6.07) is 3.82. The van der Waals surface area contributed by atoms with Gasteiger partial charge in [-0.05, 0) is 44.2 Å². The monoisotopic (exact) mass is 247 g/mol. The molecule has 1 saturated heterocycles. The van der Waals surface area contributed by atoms with E-state index in [-0.39, 0.29) is 5.56 Å². The third-order valence-electron chi connectivity index (χ3n) is 4.39. The lowest BCUT2D eigenvalue weighted by molar-refractivity contribution is 0.153. The molecule has 1 aromatic rings. The van der Waals surface area contributed by atoms with Crippen molar-refractivity contribution in [3.63, 3.8) is 0 Å². The molecule has 0 N–H and O–H groups in total. The highest BCUT2D eigenvalue weighted by atomic mass is 16.1. The fourth-order valence-electron chi connectivity index (χ4n) is 3.07. The zero-order chi connectivity index (χ0) is 12.4. The van der Waals surface area contributed by atoms with Crippen molar-refractivity contribution in [1.82, 2.24) is 14.7 Å². The first kappa shape index (κ1) is 11.9. The van der Waals surface area contributed by atoms with E-state index in [1.54, 1.807) is 23.0 Å². The maximum absolute atomic E-state index is 11.7. The minimum atomic E-state index is 0.0213. The van der Waals surface area contributed by atoms with Crippen molar-refractivity contribution in [3.8, 4) is 0 Å². The van der Waals surface area contributed by atoms with Gasteiger partial charge in [0, 0.05) is 24.8 Å². The Morgan fingerprint density at radius 1 is 1.22 bits per heavy atom. The molecule has 98 valence electrons. The molecule has 0 radical (unpaired) electrons. The Morgan fingerprint density at radius 2 is 2.11 bits per heavy atom. The molecule has 0 aromatic carbocycles. The normalized spacial score (nSPS) is 25.2. The summed E-state index contributed by atoms with van der Waals surface area (Å²) in [7, 11) is 0. The molecule has 0 spiro atoms. The van der Waals surface area contributed by atoms with Gasteiger partial charge in [-0.1, -0.05) is 6.42 Å². The van der Waals surface area contributed by atoms with Gasteiger partial charge in [-0.25, -0.2) is 4.68 Å². The Balaban J connectivity index is 1.64. The van der Waals surface area contributed by atoms with E-state index in [9.17, 15) is 4.79 Å². The molecule has 2 aliphatic rings. The van der Waals surface area contributed by atoms with Crippen LogP contribution < -0.4 is 5.56 Å². The van der Waals surface area contributed by atoms with Crippen LogP contribution >= 0.6 is 0 Å². The van der Waals surface area contributed by atoms with Crippen molar-refractivity contribution in [3.05, 3.63) is 28.7 Å². The van der Waals surface area contributed by atoms with Gasteiger partial charge in [0.25, 0.3) is 5.56 Å². The van der Waals surface area contributed by atoms with E-state index >= 15 is 0 Å². The first-order chi connectivity index (χ1) is 8.83. The predicted octanol–water partition coefficient (Wildman–Crippen LogP) is 1.51. The molecule has 1 aromatic heterocycles. The Hall–Kier alpha value is -1.16. The van der Waals surface area contributed by atoms with Gasteiger partial charge in [0.1, 0.15) is 0 Å². The van der Waals surface area contributed by atoms with E-state index in [2.05, 4.69) is 10.00 Å². The minimum absolute atomic E-state index is 0.0213. The standard InChI is InChI=1S/C14H21N3O/c18-14-7-2-8-15-17(14)11-13-6-3-9-16(13)10-12-4-1-5-12/h2,7-8,12-13H,1,3-6,9-11H2. The minimum Gasteiger partial charge on any atom is -0.298 e. The molecule has 0 amide bonds. The van der Waals surface area contributed by atoms with Crippen LogP contribution in [0.1, 0.15) is 32.1 Å². The summed E-state index contributed by atoms with van der Waals surface area (Å²) in [6.45, 7) is 3.18. The summed E-state index contributed by atoms with van der Waals surface area (Å²) in [4.78, 5) is 14.3. The van der Waals surface area contributed by atoms with Crippen molar-refractivity contribution >= 4 is 0 Å². The van der Waals surface area contributed by atoms with Gasteiger partial charge in [0.15, 0.2) is 0 Å². The van der Waals surface area contributed by atoms with Crippen molar-refractivity contribution in [2.75, 3.05) is 13.1 Å². The van der Waals surface area contributed by atoms with Crippen LogP contribution in [0.15, 0.2) is 23.1 Å². The van der Waals surface area contributed by atoms with Gasteiger partial charge in [-0.2, -0.15) is 5.10 Å². The number of hydrogen-bond donors (Lipinski definition) is 0. The van der Waals surface area contributed by atoms with Crippen LogP contribution in [0.4, 0.5) is 0 Å². The highest BCUT2D eigenvalue weighted by Gasteiger charge is 2.29. The summed E-state index contributed by atoms with van der Waals surface area (Å²) >= 11 is 0. The zero-order valence-corrected chi connectivity index (χ0v) is 10.8. The van der Waals surface area contributed by atoms with Crippen LogP contribution in [0.5, 0.6) is 0 Å². The SMILES string of the molecule is O=c1cccnn1CC1CCCN1CC1CCC1. The molecule has 3 rings (SSSR count). The highest BCUT2D eigenvalue weighted by molar-refractivity contribution is 4.88. The van der Waals surface area contributed by atoms with E-state index in [1.165, 1.54) is 45.2 Å². The smallest absolute Gasteiger partial charge is 0.266 e. The first-order valence-electron chi connectivity index (χ1n) is 7.09. The third-order valence-corrected chi connectivity index (χ3v) is 4.39. The summed E-state index contributed by atoms with van der Waals surface area (Å²) in [5.74, 6) is 0.908. The average molecular weight is 247 g/mol. The number of rotatable bonds is 4. The molecule has 1 saturated carbocycles. The number of likely N-dealkylation sites (tertiary alicyclic amines) is 1. The molecule has 2 heterocycles. The lowest BCUT2D eigenvalue weighted by atomic mass is 9.85. The fourth-order valence-corrected chi connectivity index (χ4v) is 3.07. The fraction of sp³-hybridized carbons (Fsp3) is 0.714. The van der Waals surface area contributed by atoms with Crippen molar-refractivity contribution in [2.24, 2.45) is 5.92 Å². The molecule has 1 atom stereocenters. The summed E-state index contributed by atoms with van der Waals surface area (Å²) in [6.07, 6.45) is 8.36. The lowest BCUT2D eigenvalue weighted by Crippen LogP contribution is -2.40. The second-order valence-electron chi connectivity index (χ2n) is 5.63. The number of hydrogen-bond acceptors (Lipinski definition) is 3. The summed E-state index contributed by atoms with van der Waals surface area (Å²) in [5, 5.41) is 4.17. The van der Waals surface area contributed by atoms with E-state index in [1.807, 2.05) is 0 Å². The Morgan fingerprint density at radius 3 is 2.83 bits per heavy atom. The quantitative estimate of drug-likeness (QED) is 0.809. The van der Waals surface area contributed by atoms with Gasteiger partial charge in [-0.15, -0.1) is 0 Å². The maximum atomic E-state index is 11.7. The maximum Gasteiger partial charge on any atom is 0.266 e. The molecular formula is C14H21N3O.